The van der Waals surface area contributed by atoms with E-state index in [1.807, 2.05) is 13.8 Å². The summed E-state index contributed by atoms with van der Waals surface area (Å²) in [6, 6.07) is 6.33. The second kappa shape index (κ2) is 8.38. The number of carbonyl (C=O) groups is 2. The van der Waals surface area contributed by atoms with E-state index in [1.54, 1.807) is 34.2 Å². The van der Waals surface area contributed by atoms with Gasteiger partial charge in [-0.25, -0.2) is 14.4 Å². The first-order chi connectivity index (χ1) is 15.9. The minimum Gasteiger partial charge on any atom is -0.328 e. The molecular weight excluding hydrogens is 423 g/mol. The van der Waals surface area contributed by atoms with Crippen molar-refractivity contribution < 1.29 is 14.0 Å². The van der Waals surface area contributed by atoms with Gasteiger partial charge in [-0.1, -0.05) is 18.2 Å². The second-order valence-electron chi connectivity index (χ2n) is 8.60. The topological polar surface area (TPSA) is 95.1 Å². The zero-order chi connectivity index (χ0) is 23.1. The van der Waals surface area contributed by atoms with Crippen molar-refractivity contribution in [3.8, 4) is 0 Å². The molecule has 1 aromatic carbocycles. The van der Waals surface area contributed by atoms with Gasteiger partial charge in [0, 0.05) is 30.0 Å². The van der Waals surface area contributed by atoms with Gasteiger partial charge < -0.3 is 4.90 Å². The van der Waals surface area contributed by atoms with Gasteiger partial charge in [0.25, 0.3) is 5.91 Å². The molecule has 2 aliphatic heterocycles. The first-order valence-electron chi connectivity index (χ1n) is 11.2. The maximum atomic E-state index is 14.1. The van der Waals surface area contributed by atoms with Crippen molar-refractivity contribution in [2.75, 3.05) is 18.0 Å². The SMILES string of the molecule is Cc1nc([C@@H]2CCCN2C(=O)c2cn[nH]c2C)nc2c1CC(=O)N2CCc1ccccc1F. The largest absolute Gasteiger partial charge is 0.328 e. The Morgan fingerprint density at radius 3 is 2.82 bits per heavy atom. The maximum absolute atomic E-state index is 14.1. The number of benzene rings is 1. The van der Waals surface area contributed by atoms with E-state index < -0.39 is 0 Å². The normalized spacial score (nSPS) is 17.7. The van der Waals surface area contributed by atoms with Crippen LogP contribution in [0.5, 0.6) is 0 Å². The molecule has 0 radical (unpaired) electrons. The van der Waals surface area contributed by atoms with Crippen LogP contribution in [0.3, 0.4) is 0 Å². The third-order valence-corrected chi connectivity index (χ3v) is 6.53. The standard InChI is InChI=1S/C24H25FN6O2/c1-14-17-12-21(32)31(11-9-16-6-3-4-7-19(16)25)23(17)28-22(27-14)20-8-5-10-30(20)24(33)18-13-26-29-15(18)2/h3-4,6-7,13,20H,5,8-12H2,1-2H3,(H,26,29)/t20-/m0/s1. The minimum atomic E-state index is -0.279. The Hall–Kier alpha value is -3.62. The fraction of sp³-hybridized carbons (Fsp3) is 0.375. The number of aromatic nitrogens is 4. The van der Waals surface area contributed by atoms with Crippen molar-refractivity contribution >= 4 is 17.6 Å². The van der Waals surface area contributed by atoms with Crippen LogP contribution in [-0.4, -0.2) is 50.0 Å². The van der Waals surface area contributed by atoms with E-state index in [0.29, 0.717) is 42.3 Å². The fourth-order valence-electron chi connectivity index (χ4n) is 4.71. The molecule has 33 heavy (non-hydrogen) atoms. The molecule has 0 unspecified atom stereocenters. The zero-order valence-corrected chi connectivity index (χ0v) is 18.6. The predicted octanol–water partition coefficient (Wildman–Crippen LogP) is 3.06. The number of nitrogens with one attached hydrogen (secondary N) is 1. The lowest BCUT2D eigenvalue weighted by molar-refractivity contribution is -0.117. The lowest BCUT2D eigenvalue weighted by Gasteiger charge is -2.25. The van der Waals surface area contributed by atoms with E-state index in [1.165, 1.54) is 6.07 Å². The number of fused-ring (bicyclic) bond motifs is 1. The van der Waals surface area contributed by atoms with E-state index in [4.69, 9.17) is 9.97 Å². The van der Waals surface area contributed by atoms with Crippen LogP contribution in [-0.2, 0) is 17.6 Å². The number of hydrogen-bond donors (Lipinski definition) is 1. The van der Waals surface area contributed by atoms with Crippen molar-refractivity contribution in [2.45, 2.75) is 45.6 Å². The molecule has 1 N–H and O–H groups in total. The van der Waals surface area contributed by atoms with Crippen LogP contribution in [0.2, 0.25) is 0 Å². The lowest BCUT2D eigenvalue weighted by Crippen LogP contribution is -2.33. The van der Waals surface area contributed by atoms with Gasteiger partial charge in [0.15, 0.2) is 5.82 Å². The summed E-state index contributed by atoms with van der Waals surface area (Å²) in [5.41, 5.74) is 3.38. The van der Waals surface area contributed by atoms with E-state index in [-0.39, 0.29) is 30.1 Å². The molecule has 0 bridgehead atoms. The van der Waals surface area contributed by atoms with Gasteiger partial charge in [0.2, 0.25) is 5.91 Å². The van der Waals surface area contributed by atoms with Gasteiger partial charge in [0.05, 0.1) is 24.2 Å². The number of anilines is 1. The first kappa shape index (κ1) is 21.2. The van der Waals surface area contributed by atoms with E-state index >= 15 is 0 Å². The molecular formula is C24H25FN6O2. The molecule has 2 amide bonds. The minimum absolute atomic E-state index is 0.0655. The number of hydrogen-bond acceptors (Lipinski definition) is 5. The number of nitrogens with zero attached hydrogens (tertiary/aromatic N) is 5. The van der Waals surface area contributed by atoms with Crippen LogP contribution in [0.15, 0.2) is 30.5 Å². The quantitative estimate of drug-likeness (QED) is 0.647. The number of amides is 2. The Labute approximate surface area is 190 Å². The van der Waals surface area contributed by atoms with Crippen molar-refractivity contribution in [3.05, 3.63) is 70.2 Å². The van der Waals surface area contributed by atoms with Crippen LogP contribution >= 0.6 is 0 Å². The van der Waals surface area contributed by atoms with Crippen LogP contribution in [0, 0.1) is 19.7 Å². The van der Waals surface area contributed by atoms with Crippen molar-refractivity contribution in [2.24, 2.45) is 0 Å². The summed E-state index contributed by atoms with van der Waals surface area (Å²) in [7, 11) is 0. The summed E-state index contributed by atoms with van der Waals surface area (Å²) in [5.74, 6) is 0.683. The van der Waals surface area contributed by atoms with E-state index in [0.717, 1.165) is 29.8 Å². The lowest BCUT2D eigenvalue weighted by atomic mass is 10.1. The van der Waals surface area contributed by atoms with Crippen LogP contribution in [0.4, 0.5) is 10.2 Å². The summed E-state index contributed by atoms with van der Waals surface area (Å²) in [4.78, 5) is 38.8. The van der Waals surface area contributed by atoms with E-state index in [9.17, 15) is 14.0 Å². The number of rotatable bonds is 5. The highest BCUT2D eigenvalue weighted by molar-refractivity contribution is 6.00. The highest BCUT2D eigenvalue weighted by atomic mass is 19.1. The Bertz CT molecular complexity index is 1240. The number of likely N-dealkylation sites (tertiary alicyclic amines) is 1. The molecule has 4 heterocycles. The molecule has 1 fully saturated rings. The summed E-state index contributed by atoms with van der Waals surface area (Å²) < 4.78 is 14.1. The van der Waals surface area contributed by atoms with Crippen molar-refractivity contribution in [3.63, 3.8) is 0 Å². The molecule has 0 aliphatic carbocycles. The van der Waals surface area contributed by atoms with Gasteiger partial charge >= 0.3 is 0 Å². The predicted molar refractivity (Wildman–Crippen MR) is 119 cm³/mol. The smallest absolute Gasteiger partial charge is 0.257 e. The third kappa shape index (κ3) is 3.77. The number of aromatic amines is 1. The molecule has 170 valence electrons. The third-order valence-electron chi connectivity index (χ3n) is 6.53. The van der Waals surface area contributed by atoms with Gasteiger partial charge in [-0.2, -0.15) is 5.10 Å². The van der Waals surface area contributed by atoms with Gasteiger partial charge in [0.1, 0.15) is 11.6 Å². The summed E-state index contributed by atoms with van der Waals surface area (Å²) >= 11 is 0. The molecule has 1 atom stereocenters. The molecule has 5 rings (SSSR count). The highest BCUT2D eigenvalue weighted by Gasteiger charge is 2.37. The number of H-pyrrole nitrogens is 1. The summed E-state index contributed by atoms with van der Waals surface area (Å²) in [5, 5.41) is 6.78. The summed E-state index contributed by atoms with van der Waals surface area (Å²) in [6.07, 6.45) is 3.78. The summed E-state index contributed by atoms with van der Waals surface area (Å²) in [6.45, 7) is 4.65. The van der Waals surface area contributed by atoms with Crippen molar-refractivity contribution in [1.82, 2.24) is 25.1 Å². The number of carbonyl (C=O) groups excluding carboxylic acids is 2. The first-order valence-corrected chi connectivity index (χ1v) is 11.2. The van der Waals surface area contributed by atoms with Crippen LogP contribution in [0.1, 0.15) is 57.6 Å². The molecule has 0 saturated carbocycles. The molecule has 1 saturated heterocycles. The van der Waals surface area contributed by atoms with E-state index in [2.05, 4.69) is 10.2 Å². The average Bonchev–Trinajstić information content (AvgIpc) is 3.52. The Morgan fingerprint density at radius 2 is 2.06 bits per heavy atom. The maximum Gasteiger partial charge on any atom is 0.257 e. The van der Waals surface area contributed by atoms with Gasteiger partial charge in [-0.05, 0) is 44.7 Å². The Morgan fingerprint density at radius 1 is 1.24 bits per heavy atom. The number of halogens is 1. The fourth-order valence-corrected chi connectivity index (χ4v) is 4.71. The van der Waals surface area contributed by atoms with Crippen molar-refractivity contribution in [1.29, 1.82) is 0 Å². The highest BCUT2D eigenvalue weighted by Crippen LogP contribution is 2.36. The second-order valence-corrected chi connectivity index (χ2v) is 8.60. The van der Waals surface area contributed by atoms with Crippen LogP contribution < -0.4 is 4.90 Å². The Balaban J connectivity index is 1.43. The Kier molecular flexibility index (Phi) is 5.39. The molecule has 0 spiro atoms. The average molecular weight is 449 g/mol. The number of aryl methyl sites for hydroxylation is 2. The molecule has 3 aromatic rings. The zero-order valence-electron chi connectivity index (χ0n) is 18.6. The van der Waals surface area contributed by atoms with Gasteiger partial charge in [-0.3, -0.25) is 19.6 Å². The molecule has 2 aliphatic rings. The van der Waals surface area contributed by atoms with Crippen LogP contribution in [0.25, 0.3) is 0 Å². The molecule has 9 heteroatoms. The molecule has 8 nitrogen and oxygen atoms in total. The van der Waals surface area contributed by atoms with Gasteiger partial charge in [-0.15, -0.1) is 0 Å². The molecule has 2 aromatic heterocycles. The monoisotopic (exact) mass is 448 g/mol.